The van der Waals surface area contributed by atoms with Crippen LogP contribution in [-0.4, -0.2) is 35.5 Å². The number of hydrogen-bond donors (Lipinski definition) is 0. The first-order chi connectivity index (χ1) is 14.3. The summed E-state index contributed by atoms with van der Waals surface area (Å²) >= 11 is 0. The van der Waals surface area contributed by atoms with Gasteiger partial charge in [-0.1, -0.05) is 12.1 Å². The van der Waals surface area contributed by atoms with Gasteiger partial charge in [0.15, 0.2) is 0 Å². The van der Waals surface area contributed by atoms with Crippen LogP contribution in [0, 0.1) is 0 Å². The van der Waals surface area contributed by atoms with Crippen molar-refractivity contribution in [1.29, 1.82) is 0 Å². The summed E-state index contributed by atoms with van der Waals surface area (Å²) in [6, 6.07) is 11.7. The number of methoxy groups -OCH3 is 1. The number of nitrogens with zero attached hydrogens (tertiary/aromatic N) is 3. The van der Waals surface area contributed by atoms with Crippen LogP contribution in [0.25, 0.3) is 11.0 Å². The minimum atomic E-state index is -3.80. The van der Waals surface area contributed by atoms with E-state index < -0.39 is 21.1 Å². The van der Waals surface area contributed by atoms with Gasteiger partial charge in [0.05, 0.1) is 29.1 Å². The van der Waals surface area contributed by atoms with Gasteiger partial charge in [-0.3, -0.25) is 9.59 Å². The lowest BCUT2D eigenvalue weighted by Gasteiger charge is -2.25. The Kier molecular flexibility index (Phi) is 5.03. The van der Waals surface area contributed by atoms with Crippen molar-refractivity contribution in [2.45, 2.75) is 23.8 Å². The average molecular weight is 429 g/mol. The fourth-order valence-corrected chi connectivity index (χ4v) is 5.75. The predicted molar refractivity (Wildman–Crippen MR) is 113 cm³/mol. The van der Waals surface area contributed by atoms with Crippen molar-refractivity contribution in [2.75, 3.05) is 13.7 Å². The predicted octanol–water partition coefficient (Wildman–Crippen LogP) is 1.77. The zero-order valence-electron chi connectivity index (χ0n) is 17.0. The van der Waals surface area contributed by atoms with E-state index in [1.54, 1.807) is 13.2 Å². The highest BCUT2D eigenvalue weighted by Gasteiger charge is 2.36. The number of fused-ring (bicyclic) bond motifs is 1. The van der Waals surface area contributed by atoms with E-state index >= 15 is 0 Å². The number of aryl methyl sites for hydroxylation is 2. The van der Waals surface area contributed by atoms with Crippen LogP contribution in [0.15, 0.2) is 56.9 Å². The molecule has 0 aliphatic carbocycles. The van der Waals surface area contributed by atoms with Crippen molar-refractivity contribution in [2.24, 2.45) is 14.1 Å². The van der Waals surface area contributed by atoms with Gasteiger partial charge in [-0.2, -0.15) is 4.31 Å². The third-order valence-electron chi connectivity index (χ3n) is 5.77. The Hall–Kier alpha value is -2.91. The first kappa shape index (κ1) is 20.4. The zero-order chi connectivity index (χ0) is 21.6. The second kappa shape index (κ2) is 7.41. The van der Waals surface area contributed by atoms with Gasteiger partial charge in [0.25, 0.3) is 0 Å². The molecule has 0 amide bonds. The van der Waals surface area contributed by atoms with Crippen LogP contribution >= 0.6 is 0 Å². The summed E-state index contributed by atoms with van der Waals surface area (Å²) in [4.78, 5) is 24.3. The first-order valence-electron chi connectivity index (χ1n) is 9.61. The molecule has 2 heterocycles. The Morgan fingerprint density at radius 1 is 0.933 bits per heavy atom. The van der Waals surface area contributed by atoms with E-state index in [0.29, 0.717) is 23.3 Å². The molecule has 9 heteroatoms. The van der Waals surface area contributed by atoms with E-state index in [-0.39, 0.29) is 10.9 Å². The molecule has 8 nitrogen and oxygen atoms in total. The van der Waals surface area contributed by atoms with Crippen LogP contribution in [0.5, 0.6) is 5.75 Å². The molecule has 2 aromatic carbocycles. The third-order valence-corrected chi connectivity index (χ3v) is 7.68. The number of ether oxygens (including phenoxy) is 1. The van der Waals surface area contributed by atoms with Gasteiger partial charge < -0.3 is 13.9 Å². The van der Waals surface area contributed by atoms with Crippen LogP contribution in [-0.2, 0) is 24.1 Å². The molecule has 30 heavy (non-hydrogen) atoms. The summed E-state index contributed by atoms with van der Waals surface area (Å²) in [6.45, 7) is 0.420. The number of hydrogen-bond acceptors (Lipinski definition) is 5. The molecule has 3 aromatic rings. The summed E-state index contributed by atoms with van der Waals surface area (Å²) in [6.07, 6.45) is 1.49. The van der Waals surface area contributed by atoms with Crippen molar-refractivity contribution < 1.29 is 13.2 Å². The molecule has 1 atom stereocenters. The molecule has 0 saturated carbocycles. The van der Waals surface area contributed by atoms with Crippen LogP contribution in [0.2, 0.25) is 0 Å². The van der Waals surface area contributed by atoms with Crippen molar-refractivity contribution >= 4 is 21.1 Å². The monoisotopic (exact) mass is 429 g/mol. The van der Waals surface area contributed by atoms with E-state index in [4.69, 9.17) is 4.74 Å². The maximum Gasteiger partial charge on any atom is 0.316 e. The summed E-state index contributed by atoms with van der Waals surface area (Å²) in [5.41, 5.74) is 0.446. The minimum absolute atomic E-state index is 0.101. The summed E-state index contributed by atoms with van der Waals surface area (Å²) < 4.78 is 36.1. The van der Waals surface area contributed by atoms with Gasteiger partial charge in [0.1, 0.15) is 5.75 Å². The number of sulfonamides is 1. The van der Waals surface area contributed by atoms with Crippen LogP contribution in [0.4, 0.5) is 0 Å². The smallest absolute Gasteiger partial charge is 0.316 e. The van der Waals surface area contributed by atoms with Gasteiger partial charge in [-0.25, -0.2) is 8.42 Å². The van der Waals surface area contributed by atoms with Gasteiger partial charge in [-0.05, 0) is 48.7 Å². The fourth-order valence-electron chi connectivity index (χ4n) is 4.04. The number of rotatable bonds is 4. The molecular formula is C21H23N3O5S. The van der Waals surface area contributed by atoms with Crippen molar-refractivity contribution in [3.63, 3.8) is 0 Å². The van der Waals surface area contributed by atoms with Crippen molar-refractivity contribution in [3.8, 4) is 5.75 Å². The summed E-state index contributed by atoms with van der Waals surface area (Å²) in [5, 5.41) is 0. The summed E-state index contributed by atoms with van der Waals surface area (Å²) in [5.74, 6) is 0.715. The number of benzene rings is 2. The molecule has 4 rings (SSSR count). The fraction of sp³-hybridized carbons (Fsp3) is 0.333. The lowest BCUT2D eigenvalue weighted by atomic mass is 10.1. The van der Waals surface area contributed by atoms with Gasteiger partial charge >= 0.3 is 11.1 Å². The molecule has 1 unspecified atom stereocenters. The SMILES string of the molecule is COc1ccc(C2CCCN2S(=O)(=O)c2ccc3c(c2)n(C)c(=O)c(=O)n3C)cc1. The Balaban J connectivity index is 1.79. The second-order valence-corrected chi connectivity index (χ2v) is 9.32. The van der Waals surface area contributed by atoms with E-state index in [0.717, 1.165) is 18.4 Å². The molecule has 0 bridgehead atoms. The molecule has 1 aromatic heterocycles. The van der Waals surface area contributed by atoms with Gasteiger partial charge in [0.2, 0.25) is 10.0 Å². The average Bonchev–Trinajstić information content (AvgIpc) is 3.26. The lowest BCUT2D eigenvalue weighted by molar-refractivity contribution is 0.394. The highest BCUT2D eigenvalue weighted by Crippen LogP contribution is 2.37. The zero-order valence-corrected chi connectivity index (χ0v) is 17.8. The highest BCUT2D eigenvalue weighted by atomic mass is 32.2. The van der Waals surface area contributed by atoms with E-state index in [1.807, 2.05) is 24.3 Å². The molecule has 158 valence electrons. The number of aromatic nitrogens is 2. The molecule has 0 spiro atoms. The quantitative estimate of drug-likeness (QED) is 0.590. The molecular weight excluding hydrogens is 406 g/mol. The minimum Gasteiger partial charge on any atom is -0.497 e. The molecule has 1 fully saturated rings. The standard InChI is InChI=1S/C21H23N3O5S/c1-22-18-11-10-16(13-19(18)23(2)21(26)20(22)25)30(27,28)24-12-4-5-17(24)14-6-8-15(29-3)9-7-14/h6-11,13,17H,4-5,12H2,1-3H3. The van der Waals surface area contributed by atoms with Crippen LogP contribution in [0.1, 0.15) is 24.4 Å². The Labute approximate surface area is 174 Å². The molecule has 1 saturated heterocycles. The Bertz CT molecular complexity index is 1340. The second-order valence-electron chi connectivity index (χ2n) is 7.43. The Morgan fingerprint density at radius 2 is 1.57 bits per heavy atom. The van der Waals surface area contributed by atoms with E-state index in [1.165, 1.54) is 39.7 Å². The Morgan fingerprint density at radius 3 is 2.20 bits per heavy atom. The highest BCUT2D eigenvalue weighted by molar-refractivity contribution is 7.89. The lowest BCUT2D eigenvalue weighted by Crippen LogP contribution is -2.39. The molecule has 1 aliphatic rings. The molecule has 0 N–H and O–H groups in total. The topological polar surface area (TPSA) is 90.6 Å². The van der Waals surface area contributed by atoms with Gasteiger partial charge in [0, 0.05) is 20.6 Å². The van der Waals surface area contributed by atoms with Crippen molar-refractivity contribution in [1.82, 2.24) is 13.4 Å². The first-order valence-corrected chi connectivity index (χ1v) is 11.1. The largest absolute Gasteiger partial charge is 0.497 e. The maximum absolute atomic E-state index is 13.5. The van der Waals surface area contributed by atoms with Crippen LogP contribution in [0.3, 0.4) is 0 Å². The molecule has 0 radical (unpaired) electrons. The van der Waals surface area contributed by atoms with Crippen LogP contribution < -0.4 is 15.9 Å². The maximum atomic E-state index is 13.5. The normalized spacial score (nSPS) is 17.5. The third kappa shape index (κ3) is 3.14. The van der Waals surface area contributed by atoms with Crippen molar-refractivity contribution in [3.05, 3.63) is 68.7 Å². The van der Waals surface area contributed by atoms with E-state index in [9.17, 15) is 18.0 Å². The summed E-state index contributed by atoms with van der Waals surface area (Å²) in [7, 11) is 0.762. The van der Waals surface area contributed by atoms with E-state index in [2.05, 4.69) is 0 Å². The molecule has 1 aliphatic heterocycles. The van der Waals surface area contributed by atoms with Gasteiger partial charge in [-0.15, -0.1) is 0 Å².